The number of anilines is 1. The van der Waals surface area contributed by atoms with Crippen LogP contribution in [-0.4, -0.2) is 17.6 Å². The fourth-order valence-electron chi connectivity index (χ4n) is 4.00. The van der Waals surface area contributed by atoms with Crippen molar-refractivity contribution >= 4 is 17.6 Å². The molecule has 4 rings (SSSR count). The Morgan fingerprint density at radius 1 is 1.04 bits per heavy atom. The van der Waals surface area contributed by atoms with Gasteiger partial charge in [0, 0.05) is 11.8 Å². The summed E-state index contributed by atoms with van der Waals surface area (Å²) in [7, 11) is 0. The standard InChI is InChI=1S/C21H24FN5O/c22-16-7-4-6-15(12-16)14-28-18-9-5-8-17(13-18)27-20(24)25-19(23)26-21(27)10-2-1-3-11-21/h4-9,12-13H,1-3,10-11,14H2,(H4,23,24,25,26). The number of guanidine groups is 2. The molecule has 1 spiro atoms. The highest BCUT2D eigenvalue weighted by Gasteiger charge is 2.42. The topological polar surface area (TPSA) is 89.2 Å². The Balaban J connectivity index is 1.59. The van der Waals surface area contributed by atoms with E-state index in [1.54, 1.807) is 6.07 Å². The molecule has 1 aliphatic heterocycles. The second kappa shape index (κ2) is 7.50. The zero-order chi connectivity index (χ0) is 19.6. The first-order chi connectivity index (χ1) is 13.6. The van der Waals surface area contributed by atoms with E-state index in [1.165, 1.54) is 18.6 Å². The lowest BCUT2D eigenvalue weighted by Crippen LogP contribution is -2.58. The minimum absolute atomic E-state index is 0.231. The van der Waals surface area contributed by atoms with Gasteiger partial charge in [-0.1, -0.05) is 24.6 Å². The zero-order valence-corrected chi connectivity index (χ0v) is 15.6. The Morgan fingerprint density at radius 3 is 2.61 bits per heavy atom. The molecule has 1 fully saturated rings. The number of nitrogens with zero attached hydrogens (tertiary/aromatic N) is 3. The number of hydrogen-bond donors (Lipinski definition) is 2. The van der Waals surface area contributed by atoms with Crippen LogP contribution < -0.4 is 21.1 Å². The van der Waals surface area contributed by atoms with Crippen LogP contribution in [0, 0.1) is 5.82 Å². The Labute approximate surface area is 163 Å². The lowest BCUT2D eigenvalue weighted by molar-refractivity contribution is 0.300. The third kappa shape index (κ3) is 3.65. The largest absolute Gasteiger partial charge is 0.489 e. The van der Waals surface area contributed by atoms with Crippen LogP contribution in [0.3, 0.4) is 0 Å². The fraction of sp³-hybridized carbons (Fsp3) is 0.333. The van der Waals surface area contributed by atoms with Gasteiger partial charge in [-0.3, -0.25) is 4.90 Å². The van der Waals surface area contributed by atoms with Crippen LogP contribution in [0.25, 0.3) is 0 Å². The highest BCUT2D eigenvalue weighted by atomic mass is 19.1. The first-order valence-electron chi connectivity index (χ1n) is 9.53. The van der Waals surface area contributed by atoms with Crippen molar-refractivity contribution in [1.82, 2.24) is 0 Å². The number of benzene rings is 2. The zero-order valence-electron chi connectivity index (χ0n) is 15.6. The third-order valence-electron chi connectivity index (χ3n) is 5.22. The van der Waals surface area contributed by atoms with E-state index in [0.29, 0.717) is 11.7 Å². The van der Waals surface area contributed by atoms with Crippen molar-refractivity contribution in [2.75, 3.05) is 4.90 Å². The molecule has 1 heterocycles. The number of hydrogen-bond acceptors (Lipinski definition) is 6. The van der Waals surface area contributed by atoms with Gasteiger partial charge in [-0.25, -0.2) is 9.38 Å². The van der Waals surface area contributed by atoms with Gasteiger partial charge >= 0.3 is 0 Å². The maximum absolute atomic E-state index is 13.4. The van der Waals surface area contributed by atoms with Crippen molar-refractivity contribution in [1.29, 1.82) is 0 Å². The minimum Gasteiger partial charge on any atom is -0.489 e. The second-order valence-corrected chi connectivity index (χ2v) is 7.23. The summed E-state index contributed by atoms with van der Waals surface area (Å²) in [6.45, 7) is 0.279. The van der Waals surface area contributed by atoms with E-state index < -0.39 is 5.66 Å². The molecule has 1 aliphatic carbocycles. The van der Waals surface area contributed by atoms with Gasteiger partial charge in [-0.2, -0.15) is 4.99 Å². The van der Waals surface area contributed by atoms with E-state index in [4.69, 9.17) is 16.2 Å². The van der Waals surface area contributed by atoms with E-state index in [1.807, 2.05) is 35.2 Å². The van der Waals surface area contributed by atoms with E-state index in [0.717, 1.165) is 36.9 Å². The SMILES string of the molecule is NC1=NC2(CCCCC2)N(c2cccc(OCc3cccc(F)c3)c2)C(N)=N1. The first-order valence-corrected chi connectivity index (χ1v) is 9.53. The summed E-state index contributed by atoms with van der Waals surface area (Å²) in [5.74, 6) is 0.968. The molecular weight excluding hydrogens is 357 g/mol. The molecule has 2 aromatic carbocycles. The summed E-state index contributed by atoms with van der Waals surface area (Å²) in [6.07, 6.45) is 5.06. The van der Waals surface area contributed by atoms with E-state index in [9.17, 15) is 4.39 Å². The van der Waals surface area contributed by atoms with Crippen LogP contribution in [0.4, 0.5) is 10.1 Å². The molecule has 0 amide bonds. The molecule has 0 bridgehead atoms. The van der Waals surface area contributed by atoms with Gasteiger partial charge in [-0.15, -0.1) is 0 Å². The molecule has 0 unspecified atom stereocenters. The van der Waals surface area contributed by atoms with Gasteiger partial charge in [0.15, 0.2) is 0 Å². The predicted octanol–water partition coefficient (Wildman–Crippen LogP) is 3.51. The average molecular weight is 381 g/mol. The normalized spacial score (nSPS) is 18.5. The lowest BCUT2D eigenvalue weighted by atomic mass is 9.87. The fourth-order valence-corrected chi connectivity index (χ4v) is 4.00. The summed E-state index contributed by atoms with van der Waals surface area (Å²) >= 11 is 0. The minimum atomic E-state index is -0.491. The van der Waals surface area contributed by atoms with Crippen molar-refractivity contribution in [2.24, 2.45) is 21.5 Å². The number of aliphatic imine (C=N–C) groups is 2. The van der Waals surface area contributed by atoms with Gasteiger partial charge in [0.25, 0.3) is 0 Å². The van der Waals surface area contributed by atoms with Crippen molar-refractivity contribution in [3.05, 3.63) is 59.9 Å². The average Bonchev–Trinajstić information content (AvgIpc) is 2.67. The van der Waals surface area contributed by atoms with Crippen LogP contribution in [0.2, 0.25) is 0 Å². The Bertz CT molecular complexity index is 921. The van der Waals surface area contributed by atoms with Gasteiger partial charge in [0.2, 0.25) is 11.9 Å². The summed E-state index contributed by atoms with van der Waals surface area (Å²) in [5, 5.41) is 0. The molecular formula is C21H24FN5O. The Kier molecular flexibility index (Phi) is 4.90. The quantitative estimate of drug-likeness (QED) is 0.848. The van der Waals surface area contributed by atoms with Crippen LogP contribution in [0.1, 0.15) is 37.7 Å². The summed E-state index contributed by atoms with van der Waals surface area (Å²) in [5.41, 5.74) is 13.3. The molecule has 0 atom stereocenters. The van der Waals surface area contributed by atoms with Crippen LogP contribution in [0.5, 0.6) is 5.75 Å². The van der Waals surface area contributed by atoms with Crippen molar-refractivity contribution in [3.8, 4) is 5.75 Å². The van der Waals surface area contributed by atoms with E-state index >= 15 is 0 Å². The van der Waals surface area contributed by atoms with Gasteiger partial charge in [0.05, 0.1) is 0 Å². The molecule has 2 aliphatic rings. The van der Waals surface area contributed by atoms with Gasteiger partial charge in [0.1, 0.15) is 23.8 Å². The maximum atomic E-state index is 13.4. The summed E-state index contributed by atoms with van der Waals surface area (Å²) in [4.78, 5) is 10.8. The molecule has 2 aromatic rings. The van der Waals surface area contributed by atoms with Crippen molar-refractivity contribution in [2.45, 2.75) is 44.4 Å². The van der Waals surface area contributed by atoms with Gasteiger partial charge in [-0.05, 0) is 55.5 Å². The maximum Gasteiger partial charge on any atom is 0.220 e. The molecule has 0 radical (unpaired) electrons. The molecule has 146 valence electrons. The van der Waals surface area contributed by atoms with Crippen molar-refractivity contribution in [3.63, 3.8) is 0 Å². The number of rotatable bonds is 4. The third-order valence-corrected chi connectivity index (χ3v) is 5.22. The van der Waals surface area contributed by atoms with E-state index in [2.05, 4.69) is 9.98 Å². The summed E-state index contributed by atoms with van der Waals surface area (Å²) < 4.78 is 19.2. The second-order valence-electron chi connectivity index (χ2n) is 7.23. The predicted molar refractivity (Wildman–Crippen MR) is 109 cm³/mol. The van der Waals surface area contributed by atoms with Gasteiger partial charge < -0.3 is 16.2 Å². The molecule has 1 saturated carbocycles. The van der Waals surface area contributed by atoms with Crippen LogP contribution in [0.15, 0.2) is 58.5 Å². The molecule has 28 heavy (non-hydrogen) atoms. The smallest absolute Gasteiger partial charge is 0.220 e. The molecule has 7 heteroatoms. The number of halogens is 1. The highest BCUT2D eigenvalue weighted by molar-refractivity contribution is 6.05. The molecule has 0 aromatic heterocycles. The Hall–Kier alpha value is -3.09. The monoisotopic (exact) mass is 381 g/mol. The number of ether oxygens (including phenoxy) is 1. The lowest BCUT2D eigenvalue weighted by Gasteiger charge is -2.45. The van der Waals surface area contributed by atoms with Crippen LogP contribution in [-0.2, 0) is 6.61 Å². The summed E-state index contributed by atoms with van der Waals surface area (Å²) in [6, 6.07) is 14.0. The molecule has 4 N–H and O–H groups in total. The number of nitrogens with two attached hydrogens (primary N) is 2. The first kappa shape index (κ1) is 18.3. The Morgan fingerprint density at radius 2 is 1.82 bits per heavy atom. The highest BCUT2D eigenvalue weighted by Crippen LogP contribution is 2.40. The molecule has 0 saturated heterocycles. The van der Waals surface area contributed by atoms with Crippen LogP contribution >= 0.6 is 0 Å². The van der Waals surface area contributed by atoms with Crippen molar-refractivity contribution < 1.29 is 9.13 Å². The van der Waals surface area contributed by atoms with E-state index in [-0.39, 0.29) is 18.4 Å². The molecule has 6 nitrogen and oxygen atoms in total.